The van der Waals surface area contributed by atoms with Gasteiger partial charge >= 0.3 is 0 Å². The zero-order chi connectivity index (χ0) is 14.3. The number of hydrogen-bond acceptors (Lipinski definition) is 3. The van der Waals surface area contributed by atoms with Crippen LogP contribution in [0.5, 0.6) is 0 Å². The summed E-state index contributed by atoms with van der Waals surface area (Å²) in [5, 5.41) is 2.88. The van der Waals surface area contributed by atoms with Crippen molar-refractivity contribution in [3.63, 3.8) is 0 Å². The van der Waals surface area contributed by atoms with Gasteiger partial charge in [-0.2, -0.15) is 0 Å². The predicted molar refractivity (Wildman–Crippen MR) is 75.5 cm³/mol. The maximum atomic E-state index is 12.2. The molecule has 0 saturated heterocycles. The lowest BCUT2D eigenvalue weighted by molar-refractivity contribution is -0.132. The van der Waals surface area contributed by atoms with Gasteiger partial charge < -0.3 is 16.0 Å². The fourth-order valence-corrected chi connectivity index (χ4v) is 2.78. The Morgan fingerprint density at radius 1 is 1.21 bits per heavy atom. The summed E-state index contributed by atoms with van der Waals surface area (Å²) in [6, 6.07) is 0. The molecule has 0 aromatic heterocycles. The van der Waals surface area contributed by atoms with Gasteiger partial charge in [0.25, 0.3) is 0 Å². The van der Waals surface area contributed by atoms with Crippen molar-refractivity contribution in [2.24, 2.45) is 11.1 Å². The molecule has 19 heavy (non-hydrogen) atoms. The van der Waals surface area contributed by atoms with Crippen LogP contribution in [0.2, 0.25) is 0 Å². The highest BCUT2D eigenvalue weighted by Gasteiger charge is 2.39. The molecule has 2 amide bonds. The lowest BCUT2D eigenvalue weighted by Crippen LogP contribution is -2.45. The van der Waals surface area contributed by atoms with Gasteiger partial charge in [0.15, 0.2) is 0 Å². The maximum Gasteiger partial charge on any atom is 0.227 e. The Morgan fingerprint density at radius 2 is 1.79 bits per heavy atom. The molecular weight excluding hydrogens is 242 g/mol. The summed E-state index contributed by atoms with van der Waals surface area (Å²) in [5.74, 6) is 0.123. The number of rotatable bonds is 7. The smallest absolute Gasteiger partial charge is 0.227 e. The van der Waals surface area contributed by atoms with Gasteiger partial charge in [-0.1, -0.05) is 12.8 Å². The number of nitrogens with zero attached hydrogens (tertiary/aromatic N) is 1. The van der Waals surface area contributed by atoms with Crippen molar-refractivity contribution in [3.8, 4) is 0 Å². The van der Waals surface area contributed by atoms with E-state index in [1.54, 1.807) is 4.90 Å². The number of hydrogen-bond donors (Lipinski definition) is 2. The normalized spacial score (nSPS) is 17.2. The highest BCUT2D eigenvalue weighted by atomic mass is 16.2. The van der Waals surface area contributed by atoms with Gasteiger partial charge in [0.1, 0.15) is 0 Å². The van der Waals surface area contributed by atoms with Gasteiger partial charge in [-0.25, -0.2) is 0 Å². The second kappa shape index (κ2) is 7.48. The molecule has 1 aliphatic rings. The van der Waals surface area contributed by atoms with E-state index < -0.39 is 0 Å². The van der Waals surface area contributed by atoms with Gasteiger partial charge in [0.05, 0.1) is 5.41 Å². The van der Waals surface area contributed by atoms with Crippen LogP contribution in [0, 0.1) is 5.41 Å². The fraction of sp³-hybridized carbons (Fsp3) is 0.857. The van der Waals surface area contributed by atoms with Gasteiger partial charge in [0, 0.05) is 32.6 Å². The molecule has 110 valence electrons. The third-order valence-electron chi connectivity index (χ3n) is 4.17. The van der Waals surface area contributed by atoms with Crippen molar-refractivity contribution in [2.75, 3.05) is 26.2 Å². The lowest BCUT2D eigenvalue weighted by atomic mass is 9.85. The van der Waals surface area contributed by atoms with Gasteiger partial charge in [-0.05, 0) is 26.7 Å². The Balaban J connectivity index is 2.36. The summed E-state index contributed by atoms with van der Waals surface area (Å²) in [6.45, 7) is 6.18. The molecule has 0 bridgehead atoms. The minimum absolute atomic E-state index is 0.0276. The molecule has 0 aromatic carbocycles. The Bertz CT molecular complexity index is 308. The minimum Gasteiger partial charge on any atom is -0.355 e. The summed E-state index contributed by atoms with van der Waals surface area (Å²) in [6.07, 6.45) is 4.26. The second-order valence-corrected chi connectivity index (χ2v) is 5.26. The molecule has 0 aliphatic heterocycles. The van der Waals surface area contributed by atoms with Gasteiger partial charge in [-0.3, -0.25) is 9.59 Å². The zero-order valence-corrected chi connectivity index (χ0v) is 12.2. The van der Waals surface area contributed by atoms with E-state index in [0.29, 0.717) is 19.5 Å². The van der Waals surface area contributed by atoms with Crippen LogP contribution < -0.4 is 11.1 Å². The van der Waals surface area contributed by atoms with E-state index in [1.807, 2.05) is 13.8 Å². The van der Waals surface area contributed by atoms with Crippen LogP contribution in [0.3, 0.4) is 0 Å². The highest BCUT2D eigenvalue weighted by Crippen LogP contribution is 2.37. The van der Waals surface area contributed by atoms with Crippen LogP contribution in [0.4, 0.5) is 0 Å². The molecule has 0 spiro atoms. The van der Waals surface area contributed by atoms with Crippen molar-refractivity contribution in [1.82, 2.24) is 10.2 Å². The van der Waals surface area contributed by atoms with E-state index >= 15 is 0 Å². The Hall–Kier alpha value is -1.10. The number of nitrogens with one attached hydrogen (secondary N) is 1. The van der Waals surface area contributed by atoms with Gasteiger partial charge in [0.2, 0.25) is 11.8 Å². The molecule has 1 fully saturated rings. The first-order valence-electron chi connectivity index (χ1n) is 7.35. The Morgan fingerprint density at radius 3 is 2.26 bits per heavy atom. The van der Waals surface area contributed by atoms with E-state index in [-0.39, 0.29) is 17.2 Å². The molecule has 0 radical (unpaired) electrons. The average molecular weight is 269 g/mol. The van der Waals surface area contributed by atoms with Crippen LogP contribution in [-0.4, -0.2) is 42.9 Å². The standard InChI is InChI=1S/C14H27N3O2/c1-3-17(4-2)12(18)7-10-16-13(19)14(11-15)8-5-6-9-14/h3-11,15H2,1-2H3,(H,16,19). The maximum absolute atomic E-state index is 12.2. The molecule has 0 aromatic rings. The van der Waals surface area contributed by atoms with Crippen LogP contribution >= 0.6 is 0 Å². The van der Waals surface area contributed by atoms with Crippen molar-refractivity contribution < 1.29 is 9.59 Å². The van der Waals surface area contributed by atoms with Crippen molar-refractivity contribution in [2.45, 2.75) is 46.0 Å². The van der Waals surface area contributed by atoms with Crippen molar-refractivity contribution in [1.29, 1.82) is 0 Å². The van der Waals surface area contributed by atoms with Crippen LogP contribution in [0.1, 0.15) is 46.0 Å². The minimum atomic E-state index is -0.377. The first-order valence-corrected chi connectivity index (χ1v) is 7.35. The molecule has 3 N–H and O–H groups in total. The fourth-order valence-electron chi connectivity index (χ4n) is 2.78. The van der Waals surface area contributed by atoms with E-state index in [0.717, 1.165) is 38.8 Å². The van der Waals surface area contributed by atoms with E-state index in [1.165, 1.54) is 0 Å². The Kier molecular flexibility index (Phi) is 6.28. The summed E-state index contributed by atoms with van der Waals surface area (Å²) >= 11 is 0. The number of carbonyl (C=O) groups is 2. The first-order chi connectivity index (χ1) is 9.09. The first kappa shape index (κ1) is 16.0. The summed E-state index contributed by atoms with van der Waals surface area (Å²) < 4.78 is 0. The number of nitrogens with two attached hydrogens (primary N) is 1. The van der Waals surface area contributed by atoms with Crippen molar-refractivity contribution >= 4 is 11.8 Å². The lowest BCUT2D eigenvalue weighted by Gasteiger charge is -2.26. The largest absolute Gasteiger partial charge is 0.355 e. The predicted octanol–water partition coefficient (Wildman–Crippen LogP) is 0.880. The second-order valence-electron chi connectivity index (χ2n) is 5.26. The molecule has 5 nitrogen and oxygen atoms in total. The summed E-state index contributed by atoms with van der Waals surface area (Å²) in [5.41, 5.74) is 5.38. The third kappa shape index (κ3) is 3.93. The van der Waals surface area contributed by atoms with Crippen LogP contribution in [0.15, 0.2) is 0 Å². The molecule has 1 aliphatic carbocycles. The monoisotopic (exact) mass is 269 g/mol. The summed E-state index contributed by atoms with van der Waals surface area (Å²) in [4.78, 5) is 25.8. The topological polar surface area (TPSA) is 75.4 Å². The average Bonchev–Trinajstić information content (AvgIpc) is 2.90. The molecule has 0 heterocycles. The van der Waals surface area contributed by atoms with E-state index in [2.05, 4.69) is 5.32 Å². The number of amides is 2. The van der Waals surface area contributed by atoms with E-state index in [9.17, 15) is 9.59 Å². The molecule has 1 saturated carbocycles. The zero-order valence-electron chi connectivity index (χ0n) is 12.2. The molecule has 0 unspecified atom stereocenters. The summed E-state index contributed by atoms with van der Waals surface area (Å²) in [7, 11) is 0. The Labute approximate surface area is 115 Å². The van der Waals surface area contributed by atoms with Crippen LogP contribution in [-0.2, 0) is 9.59 Å². The molecule has 1 rings (SSSR count). The molecule has 5 heteroatoms. The van der Waals surface area contributed by atoms with Crippen LogP contribution in [0.25, 0.3) is 0 Å². The third-order valence-corrected chi connectivity index (χ3v) is 4.17. The van der Waals surface area contributed by atoms with E-state index in [4.69, 9.17) is 5.73 Å². The van der Waals surface area contributed by atoms with Gasteiger partial charge in [-0.15, -0.1) is 0 Å². The molecular formula is C14H27N3O2. The van der Waals surface area contributed by atoms with Crippen molar-refractivity contribution in [3.05, 3.63) is 0 Å². The highest BCUT2D eigenvalue weighted by molar-refractivity contribution is 5.84. The molecule has 0 atom stereocenters. The quantitative estimate of drug-likeness (QED) is 0.720. The number of carbonyl (C=O) groups excluding carboxylic acids is 2. The SMILES string of the molecule is CCN(CC)C(=O)CCNC(=O)C1(CN)CCCC1.